The van der Waals surface area contributed by atoms with Crippen LogP contribution < -0.4 is 10.9 Å². The molecule has 0 saturated carbocycles. The molecule has 0 aliphatic carbocycles. The zero-order chi connectivity index (χ0) is 13.8. The highest BCUT2D eigenvalue weighted by atomic mass is 32.2. The fraction of sp³-hybridized carbons (Fsp3) is 0. The van der Waals surface area contributed by atoms with Gasteiger partial charge in [-0.25, -0.2) is 0 Å². The molecule has 2 N–H and O–H groups in total. The second-order valence-electron chi connectivity index (χ2n) is 3.69. The topological polar surface area (TPSA) is 74.6 Å². The highest BCUT2D eigenvalue weighted by molar-refractivity contribution is 7.99. The Morgan fingerprint density at radius 1 is 0.684 bits per heavy atom. The lowest BCUT2D eigenvalue weighted by atomic mass is 10.4. The summed E-state index contributed by atoms with van der Waals surface area (Å²) in [6.45, 7) is 0. The van der Waals surface area contributed by atoms with Gasteiger partial charge in [0.15, 0.2) is 11.5 Å². The molecule has 0 aliphatic rings. The Hall–Kier alpha value is -2.27. The van der Waals surface area contributed by atoms with Crippen LogP contribution in [0.15, 0.2) is 67.9 Å². The number of aromatic hydroxyl groups is 2. The van der Waals surface area contributed by atoms with E-state index in [1.807, 2.05) is 0 Å². The zero-order valence-corrected chi connectivity index (χ0v) is 10.6. The smallest absolute Gasteiger partial charge is 0.221 e. The van der Waals surface area contributed by atoms with Crippen LogP contribution in [0.5, 0.6) is 11.5 Å². The van der Waals surface area contributed by atoms with E-state index in [0.717, 1.165) is 11.8 Å². The lowest BCUT2D eigenvalue weighted by Crippen LogP contribution is -1.95. The highest BCUT2D eigenvalue weighted by Crippen LogP contribution is 2.34. The zero-order valence-electron chi connectivity index (χ0n) is 9.74. The van der Waals surface area contributed by atoms with Crippen molar-refractivity contribution in [2.24, 2.45) is 0 Å². The molecule has 0 aliphatic heterocycles. The van der Waals surface area contributed by atoms with Gasteiger partial charge < -0.3 is 10.2 Å². The van der Waals surface area contributed by atoms with E-state index in [0.29, 0.717) is 0 Å². The largest absolute Gasteiger partial charge is 0.503 e. The SMILES string of the molecule is O=c1ccccc(Sc2ccccc(=O)c2O)c1O. The van der Waals surface area contributed by atoms with Crippen molar-refractivity contribution in [3.63, 3.8) is 0 Å². The highest BCUT2D eigenvalue weighted by Gasteiger charge is 2.09. The van der Waals surface area contributed by atoms with Crippen molar-refractivity contribution in [2.75, 3.05) is 0 Å². The van der Waals surface area contributed by atoms with Gasteiger partial charge in [0.05, 0.1) is 9.79 Å². The maximum absolute atomic E-state index is 11.5. The third kappa shape index (κ3) is 2.95. The van der Waals surface area contributed by atoms with Crippen molar-refractivity contribution in [2.45, 2.75) is 9.79 Å². The van der Waals surface area contributed by atoms with E-state index >= 15 is 0 Å². The van der Waals surface area contributed by atoms with Crippen molar-refractivity contribution in [1.82, 2.24) is 0 Å². The van der Waals surface area contributed by atoms with E-state index in [2.05, 4.69) is 0 Å². The molecule has 0 fully saturated rings. The summed E-state index contributed by atoms with van der Waals surface area (Å²) in [5, 5.41) is 19.5. The van der Waals surface area contributed by atoms with Gasteiger partial charge in [0.1, 0.15) is 0 Å². The summed E-state index contributed by atoms with van der Waals surface area (Å²) in [6.07, 6.45) is 0. The van der Waals surface area contributed by atoms with Crippen molar-refractivity contribution in [3.8, 4) is 11.5 Å². The quantitative estimate of drug-likeness (QED) is 0.875. The summed E-state index contributed by atoms with van der Waals surface area (Å²) in [4.78, 5) is 23.5. The number of hydrogen-bond acceptors (Lipinski definition) is 5. The van der Waals surface area contributed by atoms with E-state index in [-0.39, 0.29) is 9.79 Å². The Bertz CT molecular complexity index is 665. The molecule has 2 aromatic rings. The molecule has 0 bridgehead atoms. The lowest BCUT2D eigenvalue weighted by Gasteiger charge is -2.00. The van der Waals surface area contributed by atoms with Crippen molar-refractivity contribution >= 4 is 11.8 Å². The molecule has 2 rings (SSSR count). The molecule has 0 saturated heterocycles. The first-order chi connectivity index (χ1) is 9.09. The van der Waals surface area contributed by atoms with Gasteiger partial charge >= 0.3 is 0 Å². The van der Waals surface area contributed by atoms with Gasteiger partial charge in [-0.2, -0.15) is 0 Å². The standard InChI is InChI=1S/C14H10O4S/c15-9-5-1-3-7-11(13(9)17)19-12-8-4-2-6-10(16)14(12)18/h1-8H,(H,15,17)(H,16,18). The van der Waals surface area contributed by atoms with Crippen LogP contribution in [0.1, 0.15) is 0 Å². The van der Waals surface area contributed by atoms with Crippen molar-refractivity contribution in [3.05, 3.63) is 69.0 Å². The third-order valence-electron chi connectivity index (χ3n) is 2.37. The molecule has 96 valence electrons. The van der Waals surface area contributed by atoms with E-state index in [4.69, 9.17) is 0 Å². The van der Waals surface area contributed by atoms with Crippen LogP contribution in [0.2, 0.25) is 0 Å². The summed E-state index contributed by atoms with van der Waals surface area (Å²) in [5.41, 5.74) is -1.04. The molecule has 4 nitrogen and oxygen atoms in total. The molecule has 0 heterocycles. The van der Waals surface area contributed by atoms with Gasteiger partial charge in [-0.1, -0.05) is 36.0 Å². The molecular weight excluding hydrogens is 264 g/mol. The fourth-order valence-electron chi connectivity index (χ4n) is 1.41. The summed E-state index contributed by atoms with van der Waals surface area (Å²) in [6, 6.07) is 11.8. The van der Waals surface area contributed by atoms with Gasteiger partial charge in [-0.15, -0.1) is 0 Å². The van der Waals surface area contributed by atoms with Crippen LogP contribution in [0.25, 0.3) is 0 Å². The van der Waals surface area contributed by atoms with Crippen LogP contribution in [0.3, 0.4) is 0 Å². The Kier molecular flexibility index (Phi) is 3.87. The lowest BCUT2D eigenvalue weighted by molar-refractivity contribution is 0.455. The maximum Gasteiger partial charge on any atom is 0.221 e. The fourth-order valence-corrected chi connectivity index (χ4v) is 2.34. The Labute approximate surface area is 113 Å². The van der Waals surface area contributed by atoms with Crippen molar-refractivity contribution in [1.29, 1.82) is 0 Å². The van der Waals surface area contributed by atoms with E-state index in [1.165, 1.54) is 36.4 Å². The summed E-state index contributed by atoms with van der Waals surface area (Å²) >= 11 is 0.956. The molecule has 0 radical (unpaired) electrons. The van der Waals surface area contributed by atoms with Gasteiger partial charge in [-0.05, 0) is 24.3 Å². The van der Waals surface area contributed by atoms with E-state index in [1.54, 1.807) is 12.1 Å². The minimum atomic E-state index is -0.519. The van der Waals surface area contributed by atoms with Crippen molar-refractivity contribution < 1.29 is 10.2 Å². The molecule has 0 spiro atoms. The third-order valence-corrected chi connectivity index (χ3v) is 3.46. The van der Waals surface area contributed by atoms with Gasteiger partial charge in [0.25, 0.3) is 0 Å². The molecule has 19 heavy (non-hydrogen) atoms. The number of rotatable bonds is 2. The summed E-state index contributed by atoms with van der Waals surface area (Å²) in [7, 11) is 0. The molecule has 0 aromatic heterocycles. The van der Waals surface area contributed by atoms with Crippen LogP contribution >= 0.6 is 11.8 Å². The molecular formula is C14H10O4S. The average Bonchev–Trinajstić information content (AvgIpc) is 2.65. The normalized spacial score (nSPS) is 10.1. The molecule has 5 heteroatoms. The maximum atomic E-state index is 11.5. The van der Waals surface area contributed by atoms with Gasteiger partial charge in [-0.3, -0.25) is 9.59 Å². The predicted molar refractivity (Wildman–Crippen MR) is 72.9 cm³/mol. The second kappa shape index (κ2) is 5.58. The van der Waals surface area contributed by atoms with Crippen LogP contribution in [-0.4, -0.2) is 10.2 Å². The van der Waals surface area contributed by atoms with Crippen LogP contribution in [0.4, 0.5) is 0 Å². The predicted octanol–water partition coefficient (Wildman–Crippen LogP) is 1.97. The first-order valence-electron chi connectivity index (χ1n) is 5.42. The van der Waals surface area contributed by atoms with E-state index < -0.39 is 22.4 Å². The van der Waals surface area contributed by atoms with Gasteiger partial charge in [0.2, 0.25) is 10.9 Å². The first kappa shape index (κ1) is 13.2. The number of hydrogen-bond donors (Lipinski definition) is 2. The molecule has 0 amide bonds. The van der Waals surface area contributed by atoms with Gasteiger partial charge in [0, 0.05) is 0 Å². The first-order valence-corrected chi connectivity index (χ1v) is 6.23. The molecule has 2 aromatic carbocycles. The Balaban J connectivity index is 2.56. The van der Waals surface area contributed by atoms with Crippen LogP contribution in [0, 0.1) is 0 Å². The average molecular weight is 274 g/mol. The second-order valence-corrected chi connectivity index (χ2v) is 4.78. The molecule has 0 unspecified atom stereocenters. The van der Waals surface area contributed by atoms with Crippen LogP contribution in [-0.2, 0) is 0 Å². The minimum Gasteiger partial charge on any atom is -0.503 e. The summed E-state index contributed by atoms with van der Waals surface area (Å²) in [5.74, 6) is -0.818. The Morgan fingerprint density at radius 2 is 1.05 bits per heavy atom. The molecule has 0 atom stereocenters. The monoisotopic (exact) mass is 274 g/mol. The van der Waals surface area contributed by atoms with E-state index in [9.17, 15) is 19.8 Å². The minimum absolute atomic E-state index is 0.274. The summed E-state index contributed by atoms with van der Waals surface area (Å²) < 4.78 is 0. The Morgan fingerprint density at radius 3 is 1.47 bits per heavy atom.